The van der Waals surface area contributed by atoms with Gasteiger partial charge in [0.15, 0.2) is 5.13 Å². The van der Waals surface area contributed by atoms with E-state index in [9.17, 15) is 22.8 Å². The Balaban J connectivity index is 1.55. The van der Waals surface area contributed by atoms with Crippen LogP contribution in [0.15, 0.2) is 83.1 Å². The van der Waals surface area contributed by atoms with Crippen molar-refractivity contribution in [2.24, 2.45) is 0 Å². The number of alkyl halides is 3. The molecule has 0 fully saturated rings. The van der Waals surface area contributed by atoms with Crippen LogP contribution in [0.5, 0.6) is 0 Å². The maximum absolute atomic E-state index is 12.9. The van der Waals surface area contributed by atoms with Gasteiger partial charge in [-0.2, -0.15) is 13.2 Å². The molecule has 11 heteroatoms. The van der Waals surface area contributed by atoms with Crippen LogP contribution in [-0.2, 0) is 17.8 Å². The molecule has 0 atom stereocenters. The average molecular weight is 628 g/mol. The Morgan fingerprint density at radius 2 is 1.63 bits per heavy atom. The van der Waals surface area contributed by atoms with Gasteiger partial charge in [0, 0.05) is 33.6 Å². The van der Waals surface area contributed by atoms with Gasteiger partial charge in [0.25, 0.3) is 5.91 Å². The lowest BCUT2D eigenvalue weighted by Gasteiger charge is -2.23. The molecule has 43 heavy (non-hydrogen) atoms. The molecule has 0 saturated heterocycles. The summed E-state index contributed by atoms with van der Waals surface area (Å²) in [7, 11) is 0. The van der Waals surface area contributed by atoms with Gasteiger partial charge in [-0.15, -0.1) is 11.3 Å². The van der Waals surface area contributed by atoms with Crippen molar-refractivity contribution in [1.82, 2.24) is 10.3 Å². The summed E-state index contributed by atoms with van der Waals surface area (Å²) in [6, 6.07) is 21.4. The van der Waals surface area contributed by atoms with E-state index in [1.807, 2.05) is 10.3 Å². The van der Waals surface area contributed by atoms with Crippen LogP contribution >= 0.6 is 23.1 Å². The van der Waals surface area contributed by atoms with Crippen molar-refractivity contribution >= 4 is 45.8 Å². The van der Waals surface area contributed by atoms with E-state index in [2.05, 4.69) is 36.5 Å². The summed E-state index contributed by atoms with van der Waals surface area (Å²) < 4.78 is 38.7. The largest absolute Gasteiger partial charge is 0.481 e. The quantitative estimate of drug-likeness (QED) is 0.108. The summed E-state index contributed by atoms with van der Waals surface area (Å²) >= 11 is 1.28. The minimum atomic E-state index is -4.38. The first-order valence-corrected chi connectivity index (χ1v) is 15.6. The lowest BCUT2D eigenvalue weighted by atomic mass is 10.0. The molecule has 3 aromatic carbocycles. The number of nitrogens with zero attached hydrogens (tertiary/aromatic N) is 2. The number of anilines is 2. The standard InChI is InChI=1S/C32H32F3N3O3S2/c1-2-3-4-5-22-6-10-24(11-7-22)28-21-42-31(37-28)38(26-14-16-27(17-15-26)43-32(33,34)35)20-23-8-12-25(13-9-23)30(41)36-19-18-29(39)40/h6-17,21H,2-5,18-20H2,1H3,(H,36,41)(H,39,40). The Kier molecular flexibility index (Phi) is 11.2. The monoisotopic (exact) mass is 627 g/mol. The Morgan fingerprint density at radius 3 is 2.26 bits per heavy atom. The summed E-state index contributed by atoms with van der Waals surface area (Å²) in [5.41, 5.74) is 0.616. The highest BCUT2D eigenvalue weighted by Gasteiger charge is 2.29. The van der Waals surface area contributed by atoms with E-state index in [0.29, 0.717) is 22.9 Å². The van der Waals surface area contributed by atoms with E-state index in [-0.39, 0.29) is 35.5 Å². The van der Waals surface area contributed by atoms with E-state index < -0.39 is 11.5 Å². The van der Waals surface area contributed by atoms with Gasteiger partial charge < -0.3 is 15.3 Å². The molecule has 0 unspecified atom stereocenters. The Hall–Kier alpha value is -3.83. The molecule has 6 nitrogen and oxygen atoms in total. The minimum Gasteiger partial charge on any atom is -0.481 e. The minimum absolute atomic E-state index is 0.0281. The number of aliphatic carboxylic acids is 1. The van der Waals surface area contributed by atoms with Gasteiger partial charge in [0.05, 0.1) is 18.7 Å². The molecular formula is C32H32F3N3O3S2. The SMILES string of the molecule is CCCCCc1ccc(-c2csc(N(Cc3ccc(C(=O)NCCC(=O)O)cc3)c3ccc(SC(F)(F)F)cc3)n2)cc1. The predicted molar refractivity (Wildman–Crippen MR) is 166 cm³/mol. The van der Waals surface area contributed by atoms with Crippen LogP contribution < -0.4 is 10.2 Å². The molecule has 2 N–H and O–H groups in total. The third kappa shape index (κ3) is 9.86. The zero-order valence-electron chi connectivity index (χ0n) is 23.6. The first-order chi connectivity index (χ1) is 20.6. The number of carbonyl (C=O) groups is 2. The lowest BCUT2D eigenvalue weighted by Crippen LogP contribution is -2.26. The molecule has 1 aromatic heterocycles. The van der Waals surface area contributed by atoms with Crippen molar-refractivity contribution in [2.45, 2.75) is 56.0 Å². The number of unbranched alkanes of at least 4 members (excludes halogenated alkanes) is 2. The van der Waals surface area contributed by atoms with Crippen LogP contribution in [0.4, 0.5) is 24.0 Å². The van der Waals surface area contributed by atoms with Crippen LogP contribution in [0.25, 0.3) is 11.3 Å². The highest BCUT2D eigenvalue weighted by molar-refractivity contribution is 8.00. The molecule has 0 radical (unpaired) electrons. The first-order valence-electron chi connectivity index (χ1n) is 13.9. The fraction of sp³-hybridized carbons (Fsp3) is 0.281. The van der Waals surface area contributed by atoms with Crippen molar-refractivity contribution < 1.29 is 27.9 Å². The predicted octanol–water partition coefficient (Wildman–Crippen LogP) is 8.70. The Morgan fingerprint density at radius 1 is 0.953 bits per heavy atom. The van der Waals surface area contributed by atoms with Gasteiger partial charge in [0.2, 0.25) is 0 Å². The van der Waals surface area contributed by atoms with Gasteiger partial charge in [-0.05, 0) is 72.1 Å². The van der Waals surface area contributed by atoms with Crippen molar-refractivity contribution in [1.29, 1.82) is 0 Å². The molecule has 4 aromatic rings. The van der Waals surface area contributed by atoms with Gasteiger partial charge in [-0.25, -0.2) is 4.98 Å². The summed E-state index contributed by atoms with van der Waals surface area (Å²) in [4.78, 5) is 30.0. The molecule has 0 saturated carbocycles. The van der Waals surface area contributed by atoms with Crippen molar-refractivity contribution in [2.75, 3.05) is 11.4 Å². The van der Waals surface area contributed by atoms with E-state index in [0.717, 1.165) is 29.7 Å². The number of hydrogen-bond donors (Lipinski definition) is 2. The zero-order chi connectivity index (χ0) is 30.8. The molecule has 1 heterocycles. The van der Waals surface area contributed by atoms with Crippen LogP contribution in [0, 0.1) is 0 Å². The molecular weight excluding hydrogens is 595 g/mol. The van der Waals surface area contributed by atoms with Gasteiger partial charge in [-0.1, -0.05) is 56.2 Å². The number of carboxylic acid groups (broad SMARTS) is 1. The van der Waals surface area contributed by atoms with E-state index in [1.165, 1.54) is 41.9 Å². The summed E-state index contributed by atoms with van der Waals surface area (Å²) in [6.07, 6.45) is 4.40. The molecule has 0 bridgehead atoms. The van der Waals surface area contributed by atoms with Crippen LogP contribution in [0.3, 0.4) is 0 Å². The summed E-state index contributed by atoms with van der Waals surface area (Å²) in [5, 5.41) is 14.0. The highest BCUT2D eigenvalue weighted by Crippen LogP contribution is 2.39. The second kappa shape index (κ2) is 15.1. The number of aromatic nitrogens is 1. The van der Waals surface area contributed by atoms with Gasteiger partial charge >= 0.3 is 11.5 Å². The number of carbonyl (C=O) groups excluding carboxylic acids is 1. The number of hydrogen-bond acceptors (Lipinski definition) is 6. The molecule has 1 amide bonds. The van der Waals surface area contributed by atoms with Crippen molar-refractivity contribution in [3.8, 4) is 11.3 Å². The molecule has 0 aliphatic rings. The lowest BCUT2D eigenvalue weighted by molar-refractivity contribution is -0.136. The number of halogens is 3. The first kappa shape index (κ1) is 32.1. The normalized spacial score (nSPS) is 11.3. The van der Waals surface area contributed by atoms with Crippen LogP contribution in [0.1, 0.15) is 54.1 Å². The number of carboxylic acids is 1. The molecule has 0 aliphatic heterocycles. The Labute approximate surface area is 257 Å². The summed E-state index contributed by atoms with van der Waals surface area (Å²) in [5.74, 6) is -1.37. The second-order valence-corrected chi connectivity index (χ2v) is 11.9. The topological polar surface area (TPSA) is 82.5 Å². The van der Waals surface area contributed by atoms with Crippen LogP contribution in [-0.4, -0.2) is 34.0 Å². The number of nitrogens with one attached hydrogen (secondary N) is 1. The maximum Gasteiger partial charge on any atom is 0.446 e. The zero-order valence-corrected chi connectivity index (χ0v) is 25.2. The third-order valence-electron chi connectivity index (χ3n) is 6.60. The van der Waals surface area contributed by atoms with Gasteiger partial charge in [0.1, 0.15) is 0 Å². The fourth-order valence-corrected chi connectivity index (χ4v) is 5.76. The molecule has 4 rings (SSSR count). The fourth-order valence-electron chi connectivity index (χ4n) is 4.37. The number of rotatable bonds is 14. The van der Waals surface area contributed by atoms with E-state index >= 15 is 0 Å². The maximum atomic E-state index is 12.9. The smallest absolute Gasteiger partial charge is 0.446 e. The molecule has 226 valence electrons. The number of benzene rings is 3. The summed E-state index contributed by atoms with van der Waals surface area (Å²) in [6.45, 7) is 2.57. The Bertz CT molecular complexity index is 1490. The average Bonchev–Trinajstić information content (AvgIpc) is 3.46. The number of thioether (sulfide) groups is 1. The molecule has 0 spiro atoms. The van der Waals surface area contributed by atoms with Crippen molar-refractivity contribution in [3.63, 3.8) is 0 Å². The van der Waals surface area contributed by atoms with Crippen LogP contribution in [0.2, 0.25) is 0 Å². The van der Waals surface area contributed by atoms with E-state index in [1.54, 1.807) is 36.4 Å². The highest BCUT2D eigenvalue weighted by atomic mass is 32.2. The van der Waals surface area contributed by atoms with E-state index in [4.69, 9.17) is 10.1 Å². The number of aryl methyl sites for hydroxylation is 1. The van der Waals surface area contributed by atoms with Gasteiger partial charge in [-0.3, -0.25) is 9.59 Å². The number of amides is 1. The van der Waals surface area contributed by atoms with Crippen molar-refractivity contribution in [3.05, 3.63) is 94.9 Å². The molecule has 0 aliphatic carbocycles. The second-order valence-electron chi connectivity index (χ2n) is 9.89. The number of thiazole rings is 1. The third-order valence-corrected chi connectivity index (χ3v) is 8.21.